The predicted molar refractivity (Wildman–Crippen MR) is 122 cm³/mol. The molecule has 0 bridgehead atoms. The zero-order valence-electron chi connectivity index (χ0n) is 17.5. The smallest absolute Gasteiger partial charge is 0.152 e. The number of hydrogen-bond donors (Lipinski definition) is 2. The Morgan fingerprint density at radius 2 is 2.03 bits per heavy atom. The Balaban J connectivity index is 1.71. The molecule has 3 atom stereocenters. The monoisotopic (exact) mass is 496 g/mol. The van der Waals surface area contributed by atoms with Crippen molar-refractivity contribution in [1.29, 1.82) is 0 Å². The molecule has 2 aromatic rings. The molecule has 0 aliphatic carbocycles. The molecule has 0 radical (unpaired) electrons. The molecule has 0 saturated carbocycles. The summed E-state index contributed by atoms with van der Waals surface area (Å²) < 4.78 is 31.1. The molecule has 1 aromatic carbocycles. The fourth-order valence-corrected chi connectivity index (χ4v) is 6.43. The first-order valence-corrected chi connectivity index (χ1v) is 12.7. The van der Waals surface area contributed by atoms with Crippen LogP contribution in [0.5, 0.6) is 5.75 Å². The molecule has 1 aromatic heterocycles. The van der Waals surface area contributed by atoms with Crippen LogP contribution in [0.4, 0.5) is 0 Å². The molecule has 8 heteroatoms. The standard InChI is InChI=1S/C22H29BrN2O4S/c1-14(2)16-6-7-24-18(10-16)11-25-20-13-30(27,28)12-17(22(20)26)8-15-4-5-21(29-3)19(23)9-15/h4-7,9-10,14,17,20,22,25-26H,8,11-13H2,1-3H3/t17-,20+,22+/m1/s1. The molecular weight excluding hydrogens is 468 g/mol. The summed E-state index contributed by atoms with van der Waals surface area (Å²) >= 11 is 3.46. The maximum Gasteiger partial charge on any atom is 0.152 e. The van der Waals surface area contributed by atoms with Crippen LogP contribution in [0.3, 0.4) is 0 Å². The maximum absolute atomic E-state index is 12.5. The topological polar surface area (TPSA) is 88.5 Å². The zero-order valence-corrected chi connectivity index (χ0v) is 19.9. The van der Waals surface area contributed by atoms with Crippen LogP contribution < -0.4 is 10.1 Å². The Kier molecular flexibility index (Phi) is 7.55. The van der Waals surface area contributed by atoms with Crippen molar-refractivity contribution in [3.8, 4) is 5.75 Å². The summed E-state index contributed by atoms with van der Waals surface area (Å²) in [5.74, 6) is 0.640. The number of nitrogens with one attached hydrogen (secondary N) is 1. The number of rotatable bonds is 7. The second-order valence-corrected chi connectivity index (χ2v) is 11.2. The van der Waals surface area contributed by atoms with Crippen molar-refractivity contribution in [2.24, 2.45) is 5.92 Å². The number of sulfone groups is 1. The molecule has 30 heavy (non-hydrogen) atoms. The number of aromatic nitrogens is 1. The van der Waals surface area contributed by atoms with E-state index < -0.39 is 22.0 Å². The van der Waals surface area contributed by atoms with Gasteiger partial charge in [0.15, 0.2) is 9.84 Å². The van der Waals surface area contributed by atoms with Crippen LogP contribution in [0, 0.1) is 5.92 Å². The third kappa shape index (κ3) is 5.81. The number of ether oxygens (including phenoxy) is 1. The van der Waals surface area contributed by atoms with E-state index in [0.717, 1.165) is 15.7 Å². The van der Waals surface area contributed by atoms with Gasteiger partial charge in [-0.3, -0.25) is 4.98 Å². The molecule has 3 rings (SSSR count). The van der Waals surface area contributed by atoms with Gasteiger partial charge in [-0.25, -0.2) is 8.42 Å². The van der Waals surface area contributed by atoms with Gasteiger partial charge < -0.3 is 15.2 Å². The summed E-state index contributed by atoms with van der Waals surface area (Å²) in [5.41, 5.74) is 2.97. The summed E-state index contributed by atoms with van der Waals surface area (Å²) in [6.45, 7) is 4.65. The molecule has 164 valence electrons. The van der Waals surface area contributed by atoms with E-state index in [1.165, 1.54) is 5.56 Å². The second kappa shape index (κ2) is 9.77. The number of nitrogens with zero attached hydrogens (tertiary/aromatic N) is 1. The first-order chi connectivity index (χ1) is 14.2. The van der Waals surface area contributed by atoms with Gasteiger partial charge in [0.25, 0.3) is 0 Å². The van der Waals surface area contributed by atoms with Crippen molar-refractivity contribution >= 4 is 25.8 Å². The third-order valence-corrected chi connectivity index (χ3v) is 7.99. The van der Waals surface area contributed by atoms with Gasteiger partial charge in [0.2, 0.25) is 0 Å². The minimum Gasteiger partial charge on any atom is -0.496 e. The first kappa shape index (κ1) is 23.2. The molecule has 1 fully saturated rings. The number of aliphatic hydroxyl groups is 1. The van der Waals surface area contributed by atoms with Crippen molar-refractivity contribution in [1.82, 2.24) is 10.3 Å². The highest BCUT2D eigenvalue weighted by atomic mass is 79.9. The summed E-state index contributed by atoms with van der Waals surface area (Å²) in [5, 5.41) is 14.2. The highest BCUT2D eigenvalue weighted by Gasteiger charge is 2.39. The van der Waals surface area contributed by atoms with Crippen LogP contribution in [-0.2, 0) is 22.8 Å². The Labute approximate surface area is 187 Å². The third-order valence-electron chi connectivity index (χ3n) is 5.56. The van der Waals surface area contributed by atoms with Crippen molar-refractivity contribution in [3.05, 3.63) is 57.8 Å². The van der Waals surface area contributed by atoms with E-state index in [0.29, 0.717) is 24.6 Å². The van der Waals surface area contributed by atoms with E-state index in [1.54, 1.807) is 13.3 Å². The fourth-order valence-electron chi connectivity index (χ4n) is 3.88. The lowest BCUT2D eigenvalue weighted by atomic mass is 9.91. The first-order valence-electron chi connectivity index (χ1n) is 10.1. The molecule has 2 heterocycles. The van der Waals surface area contributed by atoms with Crippen LogP contribution in [-0.4, -0.2) is 49.3 Å². The average Bonchev–Trinajstić information content (AvgIpc) is 2.69. The van der Waals surface area contributed by atoms with Gasteiger partial charge in [-0.05, 0) is 63.7 Å². The number of benzene rings is 1. The van der Waals surface area contributed by atoms with Gasteiger partial charge in [-0.1, -0.05) is 19.9 Å². The van der Waals surface area contributed by atoms with Gasteiger partial charge in [-0.2, -0.15) is 0 Å². The van der Waals surface area contributed by atoms with E-state index >= 15 is 0 Å². The van der Waals surface area contributed by atoms with Crippen molar-refractivity contribution in [2.75, 3.05) is 18.6 Å². The number of aliphatic hydroxyl groups excluding tert-OH is 1. The van der Waals surface area contributed by atoms with Crippen molar-refractivity contribution in [3.63, 3.8) is 0 Å². The summed E-state index contributed by atoms with van der Waals surface area (Å²) in [4.78, 5) is 4.37. The number of halogens is 1. The van der Waals surface area contributed by atoms with E-state index in [-0.39, 0.29) is 17.4 Å². The van der Waals surface area contributed by atoms with Gasteiger partial charge in [0.05, 0.1) is 34.9 Å². The van der Waals surface area contributed by atoms with Crippen LogP contribution in [0.15, 0.2) is 41.0 Å². The lowest BCUT2D eigenvalue weighted by molar-refractivity contribution is 0.0779. The van der Waals surface area contributed by atoms with Gasteiger partial charge >= 0.3 is 0 Å². The summed E-state index contributed by atoms with van der Waals surface area (Å²) in [7, 11) is -1.67. The molecule has 1 aliphatic rings. The van der Waals surface area contributed by atoms with Crippen molar-refractivity contribution in [2.45, 2.75) is 44.9 Å². The Morgan fingerprint density at radius 3 is 2.70 bits per heavy atom. The predicted octanol–water partition coefficient (Wildman–Crippen LogP) is 3.08. The number of pyridine rings is 1. The van der Waals surface area contributed by atoms with E-state index in [9.17, 15) is 13.5 Å². The van der Waals surface area contributed by atoms with Gasteiger partial charge in [0.1, 0.15) is 5.75 Å². The highest BCUT2D eigenvalue weighted by molar-refractivity contribution is 9.10. The van der Waals surface area contributed by atoms with Crippen LogP contribution >= 0.6 is 15.9 Å². The minimum absolute atomic E-state index is 0.0168. The molecule has 0 spiro atoms. The normalized spacial score (nSPS) is 23.5. The molecule has 0 amide bonds. The van der Waals surface area contributed by atoms with Crippen LogP contribution in [0.25, 0.3) is 0 Å². The molecule has 0 unspecified atom stereocenters. The maximum atomic E-state index is 12.5. The van der Waals surface area contributed by atoms with Crippen molar-refractivity contribution < 1.29 is 18.3 Å². The lowest BCUT2D eigenvalue weighted by Gasteiger charge is -2.35. The van der Waals surface area contributed by atoms with E-state index in [4.69, 9.17) is 4.74 Å². The number of hydrogen-bond acceptors (Lipinski definition) is 6. The minimum atomic E-state index is -3.26. The van der Waals surface area contributed by atoms with Gasteiger partial charge in [-0.15, -0.1) is 0 Å². The fraction of sp³-hybridized carbons (Fsp3) is 0.500. The quantitative estimate of drug-likeness (QED) is 0.612. The lowest BCUT2D eigenvalue weighted by Crippen LogP contribution is -2.54. The average molecular weight is 497 g/mol. The molecule has 2 N–H and O–H groups in total. The van der Waals surface area contributed by atoms with Gasteiger partial charge in [0, 0.05) is 24.7 Å². The van der Waals surface area contributed by atoms with E-state index in [2.05, 4.69) is 40.1 Å². The van der Waals surface area contributed by atoms with Crippen LogP contribution in [0.2, 0.25) is 0 Å². The Hall–Kier alpha value is -1.48. The molecule has 1 aliphatic heterocycles. The van der Waals surface area contributed by atoms with Crippen LogP contribution in [0.1, 0.15) is 36.6 Å². The SMILES string of the molecule is COc1ccc(C[C@@H]2CS(=O)(=O)C[C@H](NCc3cc(C(C)C)ccn3)[C@H]2O)cc1Br. The zero-order chi connectivity index (χ0) is 21.9. The summed E-state index contributed by atoms with van der Waals surface area (Å²) in [6, 6.07) is 9.13. The Morgan fingerprint density at radius 1 is 1.27 bits per heavy atom. The molecule has 1 saturated heterocycles. The number of methoxy groups -OCH3 is 1. The largest absolute Gasteiger partial charge is 0.496 e. The highest BCUT2D eigenvalue weighted by Crippen LogP contribution is 2.29. The second-order valence-electron chi connectivity index (χ2n) is 8.22. The molecule has 6 nitrogen and oxygen atoms in total. The summed E-state index contributed by atoms with van der Waals surface area (Å²) in [6.07, 6.45) is 1.48. The Bertz CT molecular complexity index is 981. The molecular formula is C22H29BrN2O4S. The van der Waals surface area contributed by atoms with E-state index in [1.807, 2.05) is 30.3 Å².